The van der Waals surface area contributed by atoms with Crippen molar-refractivity contribution >= 4 is 33.0 Å². The third kappa shape index (κ3) is 3.74. The number of nitrogens with zero attached hydrogens (tertiary/aromatic N) is 3. The van der Waals surface area contributed by atoms with E-state index >= 15 is 0 Å². The molecule has 3 aromatic rings. The van der Waals surface area contributed by atoms with Crippen molar-refractivity contribution in [1.82, 2.24) is 9.78 Å². The molecule has 0 bridgehead atoms. The van der Waals surface area contributed by atoms with Gasteiger partial charge in [0.2, 0.25) is 0 Å². The Kier molecular flexibility index (Phi) is 5.17. The Morgan fingerprint density at radius 1 is 1.06 bits per heavy atom. The standard InChI is InChI=1S/C20H14ClF4N3O2S/c1-11-19(31(29,30)13-5-3-2-4-6-13)18(12-7-8-14(21)15(22)9-12)28-17(26-11)10-16(27-28)20(23,24)25/h2-10,18-19H,1H3. The first kappa shape index (κ1) is 21.5. The van der Waals surface area contributed by atoms with Crippen LogP contribution in [0.5, 0.6) is 0 Å². The van der Waals surface area contributed by atoms with Gasteiger partial charge < -0.3 is 0 Å². The van der Waals surface area contributed by atoms with Crippen molar-refractivity contribution in [3.8, 4) is 0 Å². The Morgan fingerprint density at radius 3 is 2.35 bits per heavy atom. The van der Waals surface area contributed by atoms with E-state index in [1.54, 1.807) is 6.07 Å². The summed E-state index contributed by atoms with van der Waals surface area (Å²) in [5, 5.41) is 1.97. The summed E-state index contributed by atoms with van der Waals surface area (Å²) in [5.74, 6) is -1.01. The molecule has 1 aliphatic heterocycles. The van der Waals surface area contributed by atoms with E-state index in [0.717, 1.165) is 16.8 Å². The Bertz CT molecular complexity index is 1290. The SMILES string of the molecule is CC1=Nc2cc(C(F)(F)F)nn2C(c2ccc(Cl)c(F)c2)C1S(=O)(=O)c1ccccc1. The second-order valence-electron chi connectivity index (χ2n) is 6.98. The fourth-order valence-electron chi connectivity index (χ4n) is 3.58. The summed E-state index contributed by atoms with van der Waals surface area (Å²) < 4.78 is 82.0. The Balaban J connectivity index is 1.97. The maximum absolute atomic E-state index is 14.2. The minimum atomic E-state index is -4.77. The average molecular weight is 472 g/mol. The molecule has 5 nitrogen and oxygen atoms in total. The predicted molar refractivity (Wildman–Crippen MR) is 107 cm³/mol. The number of halogens is 5. The molecular weight excluding hydrogens is 458 g/mol. The molecule has 11 heteroatoms. The van der Waals surface area contributed by atoms with E-state index in [1.807, 2.05) is 0 Å². The molecule has 1 aromatic heterocycles. The molecule has 0 N–H and O–H groups in total. The molecular formula is C20H14ClF4N3O2S. The minimum Gasteiger partial charge on any atom is -0.238 e. The number of fused-ring (bicyclic) bond motifs is 1. The number of rotatable bonds is 3. The number of hydrogen-bond donors (Lipinski definition) is 0. The van der Waals surface area contributed by atoms with Crippen LogP contribution in [0.25, 0.3) is 0 Å². The zero-order valence-electron chi connectivity index (χ0n) is 15.8. The predicted octanol–water partition coefficient (Wildman–Crippen LogP) is 5.23. The molecule has 2 unspecified atom stereocenters. The van der Waals surface area contributed by atoms with Crippen LogP contribution >= 0.6 is 11.6 Å². The highest BCUT2D eigenvalue weighted by Crippen LogP contribution is 2.41. The number of alkyl halides is 3. The van der Waals surface area contributed by atoms with Gasteiger partial charge in [0, 0.05) is 11.8 Å². The van der Waals surface area contributed by atoms with Crippen LogP contribution in [0, 0.1) is 5.82 Å². The van der Waals surface area contributed by atoms with E-state index in [9.17, 15) is 26.0 Å². The van der Waals surface area contributed by atoms with Crippen LogP contribution in [0.15, 0.2) is 64.5 Å². The van der Waals surface area contributed by atoms with E-state index in [2.05, 4.69) is 10.1 Å². The van der Waals surface area contributed by atoms with Crippen LogP contribution in [0.1, 0.15) is 24.2 Å². The molecule has 0 saturated carbocycles. The van der Waals surface area contributed by atoms with Crippen LogP contribution in [0.4, 0.5) is 23.4 Å². The summed E-state index contributed by atoms with van der Waals surface area (Å²) in [6.45, 7) is 1.41. The van der Waals surface area contributed by atoms with E-state index in [-0.39, 0.29) is 27.0 Å². The summed E-state index contributed by atoms with van der Waals surface area (Å²) in [4.78, 5) is 4.05. The van der Waals surface area contributed by atoms with Crippen LogP contribution in [0.2, 0.25) is 5.02 Å². The quantitative estimate of drug-likeness (QED) is 0.491. The second kappa shape index (κ2) is 7.45. The van der Waals surface area contributed by atoms with E-state index in [0.29, 0.717) is 0 Å². The number of aromatic nitrogens is 2. The van der Waals surface area contributed by atoms with Gasteiger partial charge in [-0.2, -0.15) is 18.3 Å². The van der Waals surface area contributed by atoms with E-state index in [4.69, 9.17) is 11.6 Å². The number of benzene rings is 2. The van der Waals surface area contributed by atoms with Crippen LogP contribution < -0.4 is 0 Å². The van der Waals surface area contributed by atoms with Crippen LogP contribution in [0.3, 0.4) is 0 Å². The van der Waals surface area contributed by atoms with E-state index < -0.39 is 38.8 Å². The summed E-state index contributed by atoms with van der Waals surface area (Å²) in [5.41, 5.74) is -1.07. The van der Waals surface area contributed by atoms with Gasteiger partial charge in [0.15, 0.2) is 21.3 Å². The van der Waals surface area contributed by atoms with Gasteiger partial charge in [0.25, 0.3) is 0 Å². The fourth-order valence-corrected chi connectivity index (χ4v) is 5.64. The highest BCUT2D eigenvalue weighted by Gasteiger charge is 2.45. The Labute approximate surface area is 179 Å². The van der Waals surface area contributed by atoms with Crippen molar-refractivity contribution in [2.45, 2.75) is 29.3 Å². The van der Waals surface area contributed by atoms with Gasteiger partial charge in [-0.05, 0) is 36.8 Å². The molecule has 31 heavy (non-hydrogen) atoms. The number of sulfone groups is 1. The second-order valence-corrected chi connectivity index (χ2v) is 9.46. The third-order valence-electron chi connectivity index (χ3n) is 4.95. The molecule has 0 saturated heterocycles. The van der Waals surface area contributed by atoms with Crippen molar-refractivity contribution in [2.75, 3.05) is 0 Å². The van der Waals surface area contributed by atoms with Crippen LogP contribution in [-0.2, 0) is 16.0 Å². The van der Waals surface area contributed by atoms with Crippen molar-refractivity contribution in [3.05, 3.63) is 76.7 Å². The maximum atomic E-state index is 14.2. The lowest BCUT2D eigenvalue weighted by Crippen LogP contribution is -2.41. The fraction of sp³-hybridized carbons (Fsp3) is 0.200. The molecule has 2 atom stereocenters. The molecule has 0 radical (unpaired) electrons. The van der Waals surface area contributed by atoms with Crippen LogP contribution in [-0.4, -0.2) is 29.2 Å². The summed E-state index contributed by atoms with van der Waals surface area (Å²) in [7, 11) is -4.13. The lowest BCUT2D eigenvalue weighted by Gasteiger charge is -2.31. The van der Waals surface area contributed by atoms with Gasteiger partial charge in [-0.1, -0.05) is 35.9 Å². The summed E-state index contributed by atoms with van der Waals surface area (Å²) >= 11 is 5.75. The third-order valence-corrected chi connectivity index (χ3v) is 7.45. The van der Waals surface area contributed by atoms with Crippen molar-refractivity contribution in [1.29, 1.82) is 0 Å². The molecule has 0 spiro atoms. The highest BCUT2D eigenvalue weighted by atomic mass is 35.5. The zero-order chi connectivity index (χ0) is 22.6. The average Bonchev–Trinajstić information content (AvgIpc) is 3.14. The number of aliphatic imine (C=N–C) groups is 1. The van der Waals surface area contributed by atoms with Crippen molar-refractivity contribution in [2.24, 2.45) is 4.99 Å². The highest BCUT2D eigenvalue weighted by molar-refractivity contribution is 7.92. The molecule has 4 rings (SSSR count). The molecule has 162 valence electrons. The Morgan fingerprint density at radius 2 is 1.74 bits per heavy atom. The van der Waals surface area contributed by atoms with Gasteiger partial charge in [0.1, 0.15) is 17.1 Å². The molecule has 1 aliphatic rings. The van der Waals surface area contributed by atoms with Gasteiger partial charge in [0.05, 0.1) is 9.92 Å². The molecule has 0 aliphatic carbocycles. The largest absolute Gasteiger partial charge is 0.435 e. The lowest BCUT2D eigenvalue weighted by molar-refractivity contribution is -0.141. The van der Waals surface area contributed by atoms with Gasteiger partial charge >= 0.3 is 6.18 Å². The van der Waals surface area contributed by atoms with Gasteiger partial charge in [-0.15, -0.1) is 0 Å². The summed E-state index contributed by atoms with van der Waals surface area (Å²) in [6.07, 6.45) is -4.77. The first-order valence-corrected chi connectivity index (χ1v) is 10.9. The lowest BCUT2D eigenvalue weighted by atomic mass is 9.99. The van der Waals surface area contributed by atoms with E-state index in [1.165, 1.54) is 43.3 Å². The monoisotopic (exact) mass is 471 g/mol. The number of hydrogen-bond acceptors (Lipinski definition) is 4. The molecule has 0 fully saturated rings. The summed E-state index contributed by atoms with van der Waals surface area (Å²) in [6, 6.07) is 10.5. The maximum Gasteiger partial charge on any atom is 0.435 e. The minimum absolute atomic E-state index is 0.0411. The normalized spacial score (nSPS) is 19.1. The first-order chi connectivity index (χ1) is 14.5. The smallest absolute Gasteiger partial charge is 0.238 e. The molecule has 0 amide bonds. The first-order valence-electron chi connectivity index (χ1n) is 8.96. The van der Waals surface area contributed by atoms with Crippen molar-refractivity contribution < 1.29 is 26.0 Å². The van der Waals surface area contributed by atoms with Crippen molar-refractivity contribution in [3.63, 3.8) is 0 Å². The molecule has 2 aromatic carbocycles. The van der Waals surface area contributed by atoms with Gasteiger partial charge in [-0.25, -0.2) is 22.5 Å². The topological polar surface area (TPSA) is 64.3 Å². The Hall–Kier alpha value is -2.72. The zero-order valence-corrected chi connectivity index (χ0v) is 17.4. The molecule has 2 heterocycles. The van der Waals surface area contributed by atoms with Gasteiger partial charge in [-0.3, -0.25) is 0 Å².